The maximum atomic E-state index is 13.1. The monoisotopic (exact) mass is 514 g/mol. The molecule has 2 heterocycles. The molecule has 1 atom stereocenters. The van der Waals surface area contributed by atoms with Crippen LogP contribution in [0.1, 0.15) is 29.0 Å². The van der Waals surface area contributed by atoms with Gasteiger partial charge in [-0.25, -0.2) is 8.42 Å². The number of benzene rings is 2. The molecule has 1 amide bonds. The van der Waals surface area contributed by atoms with Crippen molar-refractivity contribution in [2.75, 3.05) is 5.75 Å². The van der Waals surface area contributed by atoms with E-state index in [1.165, 1.54) is 12.1 Å². The van der Waals surface area contributed by atoms with Crippen molar-refractivity contribution >= 4 is 44.2 Å². The van der Waals surface area contributed by atoms with Crippen molar-refractivity contribution in [1.82, 2.24) is 19.7 Å². The van der Waals surface area contributed by atoms with E-state index in [4.69, 9.17) is 16.7 Å². The van der Waals surface area contributed by atoms with E-state index in [2.05, 4.69) is 10.4 Å². The van der Waals surface area contributed by atoms with Gasteiger partial charge < -0.3 is 15.0 Å². The third-order valence-corrected chi connectivity index (χ3v) is 7.71. The highest BCUT2D eigenvalue weighted by atomic mass is 35.5. The van der Waals surface area contributed by atoms with Crippen LogP contribution < -0.4 is 5.32 Å². The van der Waals surface area contributed by atoms with Crippen LogP contribution in [0.25, 0.3) is 22.0 Å². The molecule has 9 nitrogen and oxygen atoms in total. The van der Waals surface area contributed by atoms with Gasteiger partial charge in [-0.2, -0.15) is 5.10 Å². The fourth-order valence-corrected chi connectivity index (χ4v) is 5.22. The minimum Gasteiger partial charge on any atom is -0.480 e. The molecule has 11 heteroatoms. The topological polar surface area (TPSA) is 123 Å². The van der Waals surface area contributed by atoms with E-state index >= 15 is 0 Å². The zero-order valence-corrected chi connectivity index (χ0v) is 20.8. The first kappa shape index (κ1) is 24.5. The summed E-state index contributed by atoms with van der Waals surface area (Å²) in [6.07, 6.45) is 3.63. The summed E-state index contributed by atoms with van der Waals surface area (Å²) in [5.74, 6) is -2.72. The van der Waals surface area contributed by atoms with E-state index in [1.807, 2.05) is 25.4 Å². The van der Waals surface area contributed by atoms with Gasteiger partial charge in [-0.15, -0.1) is 0 Å². The number of hydrogen-bond acceptors (Lipinski definition) is 5. The third kappa shape index (κ3) is 4.94. The number of carbonyl (C=O) groups is 2. The van der Waals surface area contributed by atoms with E-state index < -0.39 is 27.6 Å². The summed E-state index contributed by atoms with van der Waals surface area (Å²) in [6.45, 7) is 1.77. The Kier molecular flexibility index (Phi) is 6.44. The zero-order chi connectivity index (χ0) is 25.5. The van der Waals surface area contributed by atoms with Gasteiger partial charge in [0.1, 0.15) is 5.69 Å². The molecule has 0 aliphatic carbocycles. The van der Waals surface area contributed by atoms with Crippen LogP contribution in [0.15, 0.2) is 59.8 Å². The van der Waals surface area contributed by atoms with Crippen LogP contribution >= 0.6 is 11.6 Å². The van der Waals surface area contributed by atoms with E-state index in [9.17, 15) is 18.0 Å². The Morgan fingerprint density at radius 3 is 2.40 bits per heavy atom. The quantitative estimate of drug-likeness (QED) is 0.388. The standard InChI is InChI=1S/C24H23ClN4O5S/c1-14(15-4-6-18(7-5-15)35(33,34)13-23(30)31)27-24(32)22-10-19-20(25)8-16(9-21(19)29(22)3)17-11-26-28(2)12-17/h4-12,14H,13H2,1-3H3,(H,27,32)(H,30,31)/t14-/m1/s1. The highest BCUT2D eigenvalue weighted by molar-refractivity contribution is 7.92. The van der Waals surface area contributed by atoms with Gasteiger partial charge in [0.25, 0.3) is 5.91 Å². The number of hydrogen-bond donors (Lipinski definition) is 2. The predicted octanol–water partition coefficient (Wildman–Crippen LogP) is 3.58. The summed E-state index contributed by atoms with van der Waals surface area (Å²) in [4.78, 5) is 23.8. The molecule has 2 N–H and O–H groups in total. The smallest absolute Gasteiger partial charge is 0.319 e. The van der Waals surface area contributed by atoms with Gasteiger partial charge in [-0.05, 0) is 48.4 Å². The van der Waals surface area contributed by atoms with Crippen LogP contribution in [0.5, 0.6) is 0 Å². The summed E-state index contributed by atoms with van der Waals surface area (Å²) >= 11 is 6.54. The number of halogens is 1. The third-order valence-electron chi connectivity index (χ3n) is 5.78. The zero-order valence-electron chi connectivity index (χ0n) is 19.2. The molecule has 0 unspecified atom stereocenters. The van der Waals surface area contributed by atoms with Crippen LogP contribution in [-0.4, -0.2) is 45.5 Å². The van der Waals surface area contributed by atoms with E-state index in [0.717, 1.165) is 22.0 Å². The van der Waals surface area contributed by atoms with Crippen LogP contribution in [0.4, 0.5) is 0 Å². The molecule has 0 saturated heterocycles. The van der Waals surface area contributed by atoms with E-state index in [1.54, 1.807) is 47.6 Å². The lowest BCUT2D eigenvalue weighted by Gasteiger charge is -2.15. The molecule has 35 heavy (non-hydrogen) atoms. The van der Waals surface area contributed by atoms with Gasteiger partial charge in [-0.1, -0.05) is 23.7 Å². The molecule has 0 radical (unpaired) electrons. The average Bonchev–Trinajstić information content (AvgIpc) is 3.37. The van der Waals surface area contributed by atoms with Crippen molar-refractivity contribution in [1.29, 1.82) is 0 Å². The number of fused-ring (bicyclic) bond motifs is 1. The summed E-state index contributed by atoms with van der Waals surface area (Å²) < 4.78 is 27.6. The Bertz CT molecular complexity index is 1550. The number of carbonyl (C=O) groups excluding carboxylic acids is 1. The van der Waals surface area contributed by atoms with Gasteiger partial charge in [-0.3, -0.25) is 14.3 Å². The first-order chi connectivity index (χ1) is 16.5. The lowest BCUT2D eigenvalue weighted by molar-refractivity contribution is -0.134. The number of sulfone groups is 1. The molecule has 0 saturated carbocycles. The lowest BCUT2D eigenvalue weighted by atomic mass is 10.1. The molecule has 4 rings (SSSR count). The summed E-state index contributed by atoms with van der Waals surface area (Å²) in [6, 6.07) is 10.9. The molecule has 2 aromatic carbocycles. The maximum absolute atomic E-state index is 13.1. The minimum absolute atomic E-state index is 0.0880. The van der Waals surface area contributed by atoms with Gasteiger partial charge in [0.05, 0.1) is 27.7 Å². The van der Waals surface area contributed by atoms with Crippen LogP contribution in [0, 0.1) is 0 Å². The van der Waals surface area contributed by atoms with E-state index in [0.29, 0.717) is 16.3 Å². The number of amides is 1. The van der Waals surface area contributed by atoms with Crippen molar-refractivity contribution in [3.8, 4) is 11.1 Å². The summed E-state index contributed by atoms with van der Waals surface area (Å²) in [5.41, 5.74) is 3.67. The highest BCUT2D eigenvalue weighted by Crippen LogP contribution is 2.32. The molecule has 0 bridgehead atoms. The van der Waals surface area contributed by atoms with Gasteiger partial charge in [0, 0.05) is 31.2 Å². The Labute approximate surface area is 206 Å². The van der Waals surface area contributed by atoms with Crippen LogP contribution in [0.3, 0.4) is 0 Å². The van der Waals surface area contributed by atoms with Crippen molar-refractivity contribution in [2.24, 2.45) is 14.1 Å². The van der Waals surface area contributed by atoms with E-state index in [-0.39, 0.29) is 10.8 Å². The lowest BCUT2D eigenvalue weighted by Crippen LogP contribution is -2.28. The number of rotatable bonds is 7. The Morgan fingerprint density at radius 1 is 1.11 bits per heavy atom. The molecule has 2 aromatic heterocycles. The van der Waals surface area contributed by atoms with Crippen LogP contribution in [-0.2, 0) is 28.7 Å². The largest absolute Gasteiger partial charge is 0.480 e. The predicted molar refractivity (Wildman–Crippen MR) is 132 cm³/mol. The van der Waals surface area contributed by atoms with Crippen molar-refractivity contribution in [2.45, 2.75) is 17.9 Å². The molecular weight excluding hydrogens is 492 g/mol. The molecule has 182 valence electrons. The summed E-state index contributed by atoms with van der Waals surface area (Å²) in [5, 5.41) is 17.2. The first-order valence-corrected chi connectivity index (χ1v) is 12.6. The number of aryl methyl sites for hydroxylation is 2. The van der Waals surface area contributed by atoms with Crippen molar-refractivity contribution in [3.63, 3.8) is 0 Å². The molecule has 0 aliphatic heterocycles. The second-order valence-electron chi connectivity index (χ2n) is 8.30. The second-order valence-corrected chi connectivity index (χ2v) is 10.7. The number of nitrogens with one attached hydrogen (secondary N) is 1. The second kappa shape index (κ2) is 9.20. The fourth-order valence-electron chi connectivity index (χ4n) is 3.91. The van der Waals surface area contributed by atoms with Crippen molar-refractivity contribution in [3.05, 3.63) is 71.1 Å². The molecular formula is C24H23ClN4O5S. The van der Waals surface area contributed by atoms with Gasteiger partial charge in [0.2, 0.25) is 0 Å². The molecule has 0 spiro atoms. The van der Waals surface area contributed by atoms with Crippen LogP contribution in [0.2, 0.25) is 5.02 Å². The Balaban J connectivity index is 1.57. The maximum Gasteiger partial charge on any atom is 0.319 e. The Morgan fingerprint density at radius 2 is 1.80 bits per heavy atom. The number of carboxylic acids is 1. The van der Waals surface area contributed by atoms with Gasteiger partial charge in [0.15, 0.2) is 15.6 Å². The molecule has 4 aromatic rings. The number of nitrogens with zero attached hydrogens (tertiary/aromatic N) is 3. The number of aliphatic carboxylic acids is 1. The fraction of sp³-hybridized carbons (Fsp3) is 0.208. The normalized spacial score (nSPS) is 12.6. The Hall–Kier alpha value is -3.63. The molecule has 0 fully saturated rings. The average molecular weight is 515 g/mol. The minimum atomic E-state index is -3.92. The van der Waals surface area contributed by atoms with Gasteiger partial charge >= 0.3 is 5.97 Å². The number of aromatic nitrogens is 3. The molecule has 0 aliphatic rings. The van der Waals surface area contributed by atoms with Crippen molar-refractivity contribution < 1.29 is 23.1 Å². The highest BCUT2D eigenvalue weighted by Gasteiger charge is 2.21. The number of carboxylic acid groups (broad SMARTS) is 1. The SMILES string of the molecule is C[C@@H](NC(=O)c1cc2c(Cl)cc(-c3cnn(C)c3)cc2n1C)c1ccc(S(=O)(=O)CC(=O)O)cc1. The first-order valence-electron chi connectivity index (χ1n) is 10.6. The summed E-state index contributed by atoms with van der Waals surface area (Å²) in [7, 11) is -0.306.